The highest BCUT2D eigenvalue weighted by molar-refractivity contribution is 7.73. The van der Waals surface area contributed by atoms with Crippen LogP contribution in [-0.4, -0.2) is 5.66 Å². The van der Waals surface area contributed by atoms with Gasteiger partial charge in [-0.1, -0.05) is 60.7 Å². The van der Waals surface area contributed by atoms with Crippen LogP contribution >= 0.6 is 7.92 Å². The summed E-state index contributed by atoms with van der Waals surface area (Å²) < 4.78 is 0. The smallest absolute Gasteiger partial charge is 0.0170 e. The molecule has 3 rings (SSSR count). The largest absolute Gasteiger partial charge is 0.126 e. The van der Waals surface area contributed by atoms with Crippen molar-refractivity contribution in [2.45, 2.75) is 19.0 Å². The Morgan fingerprint density at radius 2 is 1.42 bits per heavy atom. The summed E-state index contributed by atoms with van der Waals surface area (Å²) in [4.78, 5) is 0. The number of benzene rings is 2. The molecular formula is C18H17P. The zero-order valence-electron chi connectivity index (χ0n) is 11.1. The summed E-state index contributed by atoms with van der Waals surface area (Å²) in [5.41, 5.74) is 5.37. The Morgan fingerprint density at radius 1 is 0.895 bits per heavy atom. The number of allylic oxidation sites excluding steroid dienone is 1. The van der Waals surface area contributed by atoms with E-state index in [1.165, 1.54) is 16.2 Å². The third-order valence-corrected chi connectivity index (χ3v) is 6.14. The first kappa shape index (κ1) is 12.4. The molecule has 2 aromatic carbocycles. The van der Waals surface area contributed by atoms with Gasteiger partial charge < -0.3 is 0 Å². The predicted molar refractivity (Wildman–Crippen MR) is 84.7 cm³/mol. The van der Waals surface area contributed by atoms with Crippen LogP contribution < -0.4 is 10.6 Å². The Morgan fingerprint density at radius 3 is 1.84 bits per heavy atom. The third kappa shape index (κ3) is 2.71. The first-order valence-corrected chi connectivity index (χ1v) is 8.07. The lowest BCUT2D eigenvalue weighted by molar-refractivity contribution is 1.03. The van der Waals surface area contributed by atoms with Gasteiger partial charge in [-0.25, -0.2) is 0 Å². The van der Waals surface area contributed by atoms with E-state index in [2.05, 4.69) is 79.4 Å². The van der Waals surface area contributed by atoms with Gasteiger partial charge in [-0.2, -0.15) is 0 Å². The minimum Gasteiger partial charge on any atom is -0.126 e. The van der Waals surface area contributed by atoms with Crippen LogP contribution in [0.4, 0.5) is 0 Å². The molecule has 1 aliphatic rings. The highest BCUT2D eigenvalue weighted by atomic mass is 31.1. The van der Waals surface area contributed by atoms with Crippen molar-refractivity contribution < 1.29 is 0 Å². The molecule has 0 radical (unpaired) electrons. The minimum atomic E-state index is -0.318. The lowest BCUT2D eigenvalue weighted by Crippen LogP contribution is -2.19. The first-order chi connectivity index (χ1) is 9.34. The Hall–Kier alpha value is -1.61. The molecule has 0 fully saturated rings. The molecule has 1 heteroatoms. The Balaban J connectivity index is 2.00. The van der Waals surface area contributed by atoms with Crippen LogP contribution in [0.2, 0.25) is 0 Å². The zero-order chi connectivity index (χ0) is 13.1. The van der Waals surface area contributed by atoms with E-state index in [4.69, 9.17) is 0 Å². The fraction of sp³-hybridized carbons (Fsp3) is 0.167. The molecule has 0 N–H and O–H groups in total. The first-order valence-electron chi connectivity index (χ1n) is 6.66. The second-order valence-corrected chi connectivity index (χ2v) is 7.34. The van der Waals surface area contributed by atoms with Gasteiger partial charge in [-0.15, -0.1) is 5.73 Å². The van der Waals surface area contributed by atoms with Crippen LogP contribution in [0, 0.1) is 0 Å². The molecule has 0 amide bonds. The monoisotopic (exact) mass is 264 g/mol. The second-order valence-electron chi connectivity index (χ2n) is 4.90. The summed E-state index contributed by atoms with van der Waals surface area (Å²) in [5, 5.41) is 2.92. The maximum absolute atomic E-state index is 3.40. The van der Waals surface area contributed by atoms with Crippen LogP contribution in [0.5, 0.6) is 0 Å². The van der Waals surface area contributed by atoms with Crippen molar-refractivity contribution in [3.8, 4) is 0 Å². The van der Waals surface area contributed by atoms with Crippen molar-refractivity contribution in [1.82, 2.24) is 0 Å². The minimum absolute atomic E-state index is 0.318. The molecule has 94 valence electrons. The van der Waals surface area contributed by atoms with Crippen molar-refractivity contribution in [3.05, 3.63) is 78.0 Å². The molecule has 0 nitrogen and oxygen atoms in total. The lowest BCUT2D eigenvalue weighted by atomic mass is 10.2. The van der Waals surface area contributed by atoms with Crippen LogP contribution in [-0.2, 0) is 0 Å². The Kier molecular flexibility index (Phi) is 3.65. The van der Waals surface area contributed by atoms with Crippen molar-refractivity contribution in [2.75, 3.05) is 0 Å². The fourth-order valence-electron chi connectivity index (χ4n) is 2.55. The van der Waals surface area contributed by atoms with Gasteiger partial charge in [0.25, 0.3) is 0 Å². The zero-order valence-corrected chi connectivity index (χ0v) is 12.0. The molecule has 1 atom stereocenters. The number of rotatable bonds is 3. The van der Waals surface area contributed by atoms with E-state index in [9.17, 15) is 0 Å². The summed E-state index contributed by atoms with van der Waals surface area (Å²) in [6.45, 7) is 2.18. The van der Waals surface area contributed by atoms with Crippen LogP contribution in [0.3, 0.4) is 0 Å². The Bertz CT molecular complexity index is 567. The molecule has 0 spiro atoms. The SMILES string of the molecule is CC1=C=CC(P(c2ccccc2)c2ccccc2)C1. The van der Waals surface area contributed by atoms with E-state index in [0.717, 1.165) is 6.42 Å². The molecule has 0 bridgehead atoms. The highest BCUT2D eigenvalue weighted by Gasteiger charge is 2.24. The average Bonchev–Trinajstić information content (AvgIpc) is 2.88. The van der Waals surface area contributed by atoms with Gasteiger partial charge >= 0.3 is 0 Å². The van der Waals surface area contributed by atoms with Crippen molar-refractivity contribution in [3.63, 3.8) is 0 Å². The van der Waals surface area contributed by atoms with Gasteiger partial charge in [0, 0.05) is 5.66 Å². The van der Waals surface area contributed by atoms with Gasteiger partial charge in [0.1, 0.15) is 0 Å². The van der Waals surface area contributed by atoms with E-state index in [1.54, 1.807) is 0 Å². The molecule has 0 saturated heterocycles. The molecule has 0 heterocycles. The summed E-state index contributed by atoms with van der Waals surface area (Å²) in [7, 11) is -0.318. The van der Waals surface area contributed by atoms with Crippen LogP contribution in [0.1, 0.15) is 13.3 Å². The highest BCUT2D eigenvalue weighted by Crippen LogP contribution is 2.44. The molecule has 0 saturated carbocycles. The van der Waals surface area contributed by atoms with E-state index in [-0.39, 0.29) is 7.92 Å². The van der Waals surface area contributed by atoms with E-state index in [0.29, 0.717) is 5.66 Å². The Labute approximate surface area is 116 Å². The standard InChI is InChI=1S/C18H17P/c1-15-12-13-18(14-15)19(16-8-4-2-5-9-16)17-10-6-3-7-11-17/h2-11,13,18H,14H2,1H3. The summed E-state index contributed by atoms with van der Waals surface area (Å²) >= 11 is 0. The topological polar surface area (TPSA) is 0 Å². The van der Waals surface area contributed by atoms with Crippen LogP contribution in [0.15, 0.2) is 78.0 Å². The molecular weight excluding hydrogens is 247 g/mol. The van der Waals surface area contributed by atoms with E-state index in [1.807, 2.05) is 0 Å². The summed E-state index contributed by atoms with van der Waals surface area (Å²) in [5.74, 6) is 0. The molecule has 2 aromatic rings. The summed E-state index contributed by atoms with van der Waals surface area (Å²) in [6, 6.07) is 21.8. The quantitative estimate of drug-likeness (QED) is 0.581. The third-order valence-electron chi connectivity index (χ3n) is 3.44. The molecule has 0 aliphatic heterocycles. The van der Waals surface area contributed by atoms with E-state index < -0.39 is 0 Å². The van der Waals surface area contributed by atoms with Crippen molar-refractivity contribution in [2.24, 2.45) is 0 Å². The van der Waals surface area contributed by atoms with Crippen LogP contribution in [0.25, 0.3) is 0 Å². The van der Waals surface area contributed by atoms with Crippen molar-refractivity contribution >= 4 is 18.5 Å². The maximum atomic E-state index is 3.40. The van der Waals surface area contributed by atoms with Gasteiger partial charge in [-0.05, 0) is 43.5 Å². The van der Waals surface area contributed by atoms with Gasteiger partial charge in [-0.3, -0.25) is 0 Å². The van der Waals surface area contributed by atoms with Gasteiger partial charge in [0.15, 0.2) is 0 Å². The normalized spacial score (nSPS) is 17.8. The lowest BCUT2D eigenvalue weighted by Gasteiger charge is -2.24. The van der Waals surface area contributed by atoms with Gasteiger partial charge in [0.2, 0.25) is 0 Å². The average molecular weight is 264 g/mol. The predicted octanol–water partition coefficient (Wildman–Crippen LogP) is 3.99. The maximum Gasteiger partial charge on any atom is 0.0170 e. The molecule has 0 aromatic heterocycles. The molecule has 1 unspecified atom stereocenters. The van der Waals surface area contributed by atoms with Crippen molar-refractivity contribution in [1.29, 1.82) is 0 Å². The number of hydrogen-bond donors (Lipinski definition) is 0. The van der Waals surface area contributed by atoms with Gasteiger partial charge in [0.05, 0.1) is 0 Å². The molecule has 1 aliphatic carbocycles. The fourth-order valence-corrected chi connectivity index (χ4v) is 5.28. The van der Waals surface area contributed by atoms with E-state index >= 15 is 0 Å². The second kappa shape index (κ2) is 5.57. The summed E-state index contributed by atoms with van der Waals surface area (Å²) in [6.07, 6.45) is 3.43. The molecule has 19 heavy (non-hydrogen) atoms. The number of hydrogen-bond acceptors (Lipinski definition) is 0.